The largest absolute Gasteiger partial charge is 0.378 e. The molecule has 0 amide bonds. The van der Waals surface area contributed by atoms with Crippen molar-refractivity contribution in [2.24, 2.45) is 0 Å². The summed E-state index contributed by atoms with van der Waals surface area (Å²) in [6.45, 7) is 10.2. The van der Waals surface area contributed by atoms with Gasteiger partial charge < -0.3 is 10.1 Å². The van der Waals surface area contributed by atoms with E-state index in [1.54, 1.807) is 0 Å². The molecule has 1 aliphatic rings. The van der Waals surface area contributed by atoms with Crippen molar-refractivity contribution in [1.29, 1.82) is 0 Å². The Balaban J connectivity index is 2.20. The SMILES string of the molecule is Cc1ccc(C2COCC(C)(C)N2)cc1C. The summed E-state index contributed by atoms with van der Waals surface area (Å²) in [5.41, 5.74) is 4.10. The molecule has 1 atom stereocenters. The van der Waals surface area contributed by atoms with Crippen molar-refractivity contribution in [1.82, 2.24) is 5.32 Å². The third kappa shape index (κ3) is 2.45. The fraction of sp³-hybridized carbons (Fsp3) is 0.571. The molecule has 2 rings (SSSR count). The highest BCUT2D eigenvalue weighted by molar-refractivity contribution is 5.32. The average Bonchev–Trinajstić information content (AvgIpc) is 2.20. The molecule has 1 heterocycles. The van der Waals surface area contributed by atoms with E-state index >= 15 is 0 Å². The van der Waals surface area contributed by atoms with Crippen LogP contribution >= 0.6 is 0 Å². The molecule has 2 heteroatoms. The smallest absolute Gasteiger partial charge is 0.0662 e. The summed E-state index contributed by atoms with van der Waals surface area (Å²) in [5.74, 6) is 0. The maximum atomic E-state index is 5.66. The number of hydrogen-bond acceptors (Lipinski definition) is 2. The van der Waals surface area contributed by atoms with Crippen LogP contribution < -0.4 is 5.32 Å². The minimum Gasteiger partial charge on any atom is -0.378 e. The Morgan fingerprint density at radius 2 is 2.00 bits per heavy atom. The normalized spacial score (nSPS) is 24.4. The second kappa shape index (κ2) is 4.19. The van der Waals surface area contributed by atoms with Crippen molar-refractivity contribution < 1.29 is 4.74 Å². The Morgan fingerprint density at radius 3 is 2.62 bits per heavy atom. The lowest BCUT2D eigenvalue weighted by Gasteiger charge is -2.37. The van der Waals surface area contributed by atoms with Gasteiger partial charge in [-0.05, 0) is 44.4 Å². The third-order valence-electron chi connectivity index (χ3n) is 3.25. The Bertz CT molecular complexity index is 384. The first-order valence-corrected chi connectivity index (χ1v) is 5.90. The zero-order chi connectivity index (χ0) is 11.8. The Morgan fingerprint density at radius 1 is 1.25 bits per heavy atom. The van der Waals surface area contributed by atoms with Crippen LogP contribution in [0.4, 0.5) is 0 Å². The van der Waals surface area contributed by atoms with Crippen molar-refractivity contribution in [3.8, 4) is 0 Å². The van der Waals surface area contributed by atoms with Crippen LogP contribution in [0.2, 0.25) is 0 Å². The van der Waals surface area contributed by atoms with Gasteiger partial charge in [-0.25, -0.2) is 0 Å². The van der Waals surface area contributed by atoms with Gasteiger partial charge in [0.05, 0.1) is 19.3 Å². The Labute approximate surface area is 98.0 Å². The van der Waals surface area contributed by atoms with Crippen LogP contribution in [0, 0.1) is 13.8 Å². The fourth-order valence-corrected chi connectivity index (χ4v) is 2.15. The molecule has 1 saturated heterocycles. The zero-order valence-electron chi connectivity index (χ0n) is 10.6. The molecule has 0 aliphatic carbocycles. The number of aryl methyl sites for hydroxylation is 2. The van der Waals surface area contributed by atoms with Crippen LogP contribution in [0.15, 0.2) is 18.2 Å². The van der Waals surface area contributed by atoms with E-state index in [2.05, 4.69) is 51.2 Å². The van der Waals surface area contributed by atoms with Gasteiger partial charge >= 0.3 is 0 Å². The van der Waals surface area contributed by atoms with Gasteiger partial charge in [-0.2, -0.15) is 0 Å². The average molecular weight is 219 g/mol. The van der Waals surface area contributed by atoms with Crippen molar-refractivity contribution in [3.63, 3.8) is 0 Å². The first-order valence-electron chi connectivity index (χ1n) is 5.90. The van der Waals surface area contributed by atoms with Gasteiger partial charge in [0, 0.05) is 5.54 Å². The number of morpholine rings is 1. The van der Waals surface area contributed by atoms with Gasteiger partial charge in [-0.3, -0.25) is 0 Å². The molecule has 0 radical (unpaired) electrons. The van der Waals surface area contributed by atoms with Gasteiger partial charge in [0.25, 0.3) is 0 Å². The number of benzene rings is 1. The standard InChI is InChI=1S/C14H21NO/c1-10-5-6-12(7-11(10)2)13-8-16-9-14(3,4)15-13/h5-7,13,15H,8-9H2,1-4H3. The van der Waals surface area contributed by atoms with E-state index in [0.29, 0.717) is 6.04 Å². The summed E-state index contributed by atoms with van der Waals surface area (Å²) in [7, 11) is 0. The lowest BCUT2D eigenvalue weighted by molar-refractivity contribution is 0.0127. The highest BCUT2D eigenvalue weighted by Crippen LogP contribution is 2.23. The van der Waals surface area contributed by atoms with E-state index in [1.165, 1.54) is 16.7 Å². The van der Waals surface area contributed by atoms with E-state index in [4.69, 9.17) is 4.74 Å². The molecule has 1 aromatic carbocycles. The van der Waals surface area contributed by atoms with Crippen molar-refractivity contribution in [2.45, 2.75) is 39.3 Å². The minimum absolute atomic E-state index is 0.0711. The molecule has 1 unspecified atom stereocenters. The van der Waals surface area contributed by atoms with E-state index in [1.807, 2.05) is 0 Å². The molecule has 1 aromatic rings. The van der Waals surface area contributed by atoms with E-state index in [0.717, 1.165) is 13.2 Å². The number of nitrogens with one attached hydrogen (secondary N) is 1. The zero-order valence-corrected chi connectivity index (χ0v) is 10.6. The van der Waals surface area contributed by atoms with Crippen LogP contribution in [-0.2, 0) is 4.74 Å². The highest BCUT2D eigenvalue weighted by atomic mass is 16.5. The molecule has 2 nitrogen and oxygen atoms in total. The molecular weight excluding hydrogens is 198 g/mol. The maximum absolute atomic E-state index is 5.66. The van der Waals surface area contributed by atoms with Crippen molar-refractivity contribution in [3.05, 3.63) is 34.9 Å². The quantitative estimate of drug-likeness (QED) is 0.784. The maximum Gasteiger partial charge on any atom is 0.0662 e. The fourth-order valence-electron chi connectivity index (χ4n) is 2.15. The molecule has 0 saturated carbocycles. The molecule has 16 heavy (non-hydrogen) atoms. The molecule has 0 aromatic heterocycles. The van der Waals surface area contributed by atoms with Crippen LogP contribution in [-0.4, -0.2) is 18.8 Å². The van der Waals surface area contributed by atoms with Crippen LogP contribution in [0.3, 0.4) is 0 Å². The first kappa shape index (κ1) is 11.6. The second-order valence-corrected chi connectivity index (χ2v) is 5.44. The van der Waals surface area contributed by atoms with Crippen LogP contribution in [0.5, 0.6) is 0 Å². The number of hydrogen-bond donors (Lipinski definition) is 1. The predicted molar refractivity (Wildman–Crippen MR) is 66.7 cm³/mol. The molecule has 1 aliphatic heterocycles. The first-order chi connectivity index (χ1) is 7.48. The van der Waals surface area contributed by atoms with Crippen molar-refractivity contribution >= 4 is 0 Å². The lowest BCUT2D eigenvalue weighted by atomic mass is 9.96. The Hall–Kier alpha value is -0.860. The molecule has 0 spiro atoms. The minimum atomic E-state index is 0.0711. The molecular formula is C14H21NO. The van der Waals surface area contributed by atoms with E-state index in [9.17, 15) is 0 Å². The van der Waals surface area contributed by atoms with Gasteiger partial charge in [0.15, 0.2) is 0 Å². The van der Waals surface area contributed by atoms with Gasteiger partial charge in [-0.15, -0.1) is 0 Å². The summed E-state index contributed by atoms with van der Waals surface area (Å²) >= 11 is 0. The van der Waals surface area contributed by atoms with Gasteiger partial charge in [0.1, 0.15) is 0 Å². The predicted octanol–water partition coefficient (Wildman–Crippen LogP) is 2.74. The number of ether oxygens (including phenoxy) is 1. The van der Waals surface area contributed by atoms with Crippen molar-refractivity contribution in [2.75, 3.05) is 13.2 Å². The summed E-state index contributed by atoms with van der Waals surface area (Å²) in [6.07, 6.45) is 0. The summed E-state index contributed by atoms with van der Waals surface area (Å²) in [4.78, 5) is 0. The molecule has 0 bridgehead atoms. The lowest BCUT2D eigenvalue weighted by Crippen LogP contribution is -2.51. The van der Waals surface area contributed by atoms with Gasteiger partial charge in [-0.1, -0.05) is 18.2 Å². The highest BCUT2D eigenvalue weighted by Gasteiger charge is 2.28. The third-order valence-corrected chi connectivity index (χ3v) is 3.25. The second-order valence-electron chi connectivity index (χ2n) is 5.44. The van der Waals surface area contributed by atoms with Gasteiger partial charge in [0.2, 0.25) is 0 Å². The summed E-state index contributed by atoms with van der Waals surface area (Å²) in [5, 5.41) is 3.63. The number of rotatable bonds is 1. The Kier molecular flexibility index (Phi) is 3.04. The summed E-state index contributed by atoms with van der Waals surface area (Å²) < 4.78 is 5.66. The van der Waals surface area contributed by atoms with E-state index in [-0.39, 0.29) is 5.54 Å². The van der Waals surface area contributed by atoms with Crippen LogP contribution in [0.25, 0.3) is 0 Å². The van der Waals surface area contributed by atoms with E-state index < -0.39 is 0 Å². The monoisotopic (exact) mass is 219 g/mol. The molecule has 1 fully saturated rings. The molecule has 88 valence electrons. The van der Waals surface area contributed by atoms with Crippen LogP contribution in [0.1, 0.15) is 36.6 Å². The molecule has 1 N–H and O–H groups in total. The topological polar surface area (TPSA) is 21.3 Å². The summed E-state index contributed by atoms with van der Waals surface area (Å²) in [6, 6.07) is 6.97.